The molecule has 1 saturated heterocycles. The third kappa shape index (κ3) is 4.53. The molecule has 0 amide bonds. The van der Waals surface area contributed by atoms with Crippen LogP contribution in [0.15, 0.2) is 24.3 Å². The number of carbonyl (C=O) groups is 1. The molecule has 1 aliphatic heterocycles. The van der Waals surface area contributed by atoms with E-state index in [0.717, 1.165) is 18.5 Å². The minimum Gasteiger partial charge on any atom is -0.461 e. The van der Waals surface area contributed by atoms with Crippen molar-refractivity contribution in [3.63, 3.8) is 0 Å². The van der Waals surface area contributed by atoms with Crippen LogP contribution in [0.5, 0.6) is 0 Å². The van der Waals surface area contributed by atoms with Gasteiger partial charge in [-0.2, -0.15) is 0 Å². The standard InChI is InChI=1S/C16H23NO3/c1-11-4-6-14(7-5-11)17-10-16(18)20-15-8-12(2)19-13(3)9-15/h4-7,12-13,15,17H,8-10H2,1-3H3. The van der Waals surface area contributed by atoms with Gasteiger partial charge in [-0.05, 0) is 32.9 Å². The lowest BCUT2D eigenvalue weighted by Crippen LogP contribution is -2.36. The monoisotopic (exact) mass is 277 g/mol. The number of nitrogens with one attached hydrogen (secondary N) is 1. The highest BCUT2D eigenvalue weighted by Crippen LogP contribution is 2.21. The third-order valence-corrected chi connectivity index (χ3v) is 3.44. The van der Waals surface area contributed by atoms with Crippen LogP contribution in [0.1, 0.15) is 32.3 Å². The molecule has 4 heteroatoms. The minimum atomic E-state index is -0.211. The van der Waals surface area contributed by atoms with Crippen molar-refractivity contribution in [1.82, 2.24) is 0 Å². The Morgan fingerprint density at radius 3 is 2.45 bits per heavy atom. The van der Waals surface area contributed by atoms with Gasteiger partial charge >= 0.3 is 5.97 Å². The van der Waals surface area contributed by atoms with Crippen molar-refractivity contribution in [3.05, 3.63) is 29.8 Å². The van der Waals surface area contributed by atoms with Crippen LogP contribution >= 0.6 is 0 Å². The highest BCUT2D eigenvalue weighted by atomic mass is 16.6. The largest absolute Gasteiger partial charge is 0.461 e. The quantitative estimate of drug-likeness (QED) is 0.860. The normalized spacial score (nSPS) is 26.1. The number of benzene rings is 1. The highest BCUT2D eigenvalue weighted by Gasteiger charge is 2.26. The predicted octanol–water partition coefficient (Wildman–Crippen LogP) is 2.91. The van der Waals surface area contributed by atoms with Gasteiger partial charge in [-0.3, -0.25) is 4.79 Å². The number of hydrogen-bond acceptors (Lipinski definition) is 4. The van der Waals surface area contributed by atoms with Crippen molar-refractivity contribution in [2.75, 3.05) is 11.9 Å². The van der Waals surface area contributed by atoms with Gasteiger partial charge in [-0.1, -0.05) is 17.7 Å². The summed E-state index contributed by atoms with van der Waals surface area (Å²) >= 11 is 0. The van der Waals surface area contributed by atoms with Gasteiger partial charge in [-0.25, -0.2) is 0 Å². The first kappa shape index (κ1) is 14.9. The van der Waals surface area contributed by atoms with Crippen LogP contribution < -0.4 is 5.32 Å². The minimum absolute atomic E-state index is 0.0268. The number of hydrogen-bond donors (Lipinski definition) is 1. The molecule has 0 aliphatic carbocycles. The number of anilines is 1. The third-order valence-electron chi connectivity index (χ3n) is 3.44. The Labute approximate surface area is 120 Å². The van der Waals surface area contributed by atoms with E-state index in [4.69, 9.17) is 9.47 Å². The van der Waals surface area contributed by atoms with Crippen molar-refractivity contribution < 1.29 is 14.3 Å². The first-order valence-corrected chi connectivity index (χ1v) is 7.18. The zero-order valence-electron chi connectivity index (χ0n) is 12.4. The summed E-state index contributed by atoms with van der Waals surface area (Å²) in [6.45, 7) is 6.26. The van der Waals surface area contributed by atoms with E-state index in [2.05, 4.69) is 5.32 Å². The fourth-order valence-electron chi connectivity index (χ4n) is 2.51. The van der Waals surface area contributed by atoms with E-state index >= 15 is 0 Å². The Balaban J connectivity index is 1.76. The molecule has 0 bridgehead atoms. The Bertz CT molecular complexity index is 434. The Morgan fingerprint density at radius 1 is 1.25 bits per heavy atom. The molecule has 2 atom stereocenters. The molecule has 110 valence electrons. The Kier molecular flexibility index (Phi) is 5.01. The average Bonchev–Trinajstić information content (AvgIpc) is 2.37. The molecule has 20 heavy (non-hydrogen) atoms. The van der Waals surface area contributed by atoms with Crippen LogP contribution in [0.4, 0.5) is 5.69 Å². The summed E-state index contributed by atoms with van der Waals surface area (Å²) in [5, 5.41) is 3.08. The summed E-state index contributed by atoms with van der Waals surface area (Å²) in [6, 6.07) is 7.94. The van der Waals surface area contributed by atoms with E-state index in [1.54, 1.807) is 0 Å². The molecule has 1 aromatic carbocycles. The zero-order valence-corrected chi connectivity index (χ0v) is 12.4. The topological polar surface area (TPSA) is 47.6 Å². The molecule has 1 fully saturated rings. The number of aryl methyl sites for hydroxylation is 1. The van der Waals surface area contributed by atoms with E-state index in [-0.39, 0.29) is 30.8 Å². The van der Waals surface area contributed by atoms with Crippen molar-refractivity contribution >= 4 is 11.7 Å². The summed E-state index contributed by atoms with van der Waals surface area (Å²) in [4.78, 5) is 11.8. The van der Waals surface area contributed by atoms with E-state index in [0.29, 0.717) is 0 Å². The number of carbonyl (C=O) groups excluding carboxylic acids is 1. The molecule has 2 unspecified atom stereocenters. The maximum atomic E-state index is 11.8. The molecule has 1 heterocycles. The Morgan fingerprint density at radius 2 is 1.85 bits per heavy atom. The first-order chi connectivity index (χ1) is 9.52. The zero-order chi connectivity index (χ0) is 14.5. The molecule has 1 aromatic rings. The average molecular weight is 277 g/mol. The molecule has 2 rings (SSSR count). The summed E-state index contributed by atoms with van der Waals surface area (Å²) in [5.41, 5.74) is 2.13. The van der Waals surface area contributed by atoms with Crippen molar-refractivity contribution in [2.45, 2.75) is 51.9 Å². The molecule has 1 aliphatic rings. The summed E-state index contributed by atoms with van der Waals surface area (Å²) < 4.78 is 11.1. The van der Waals surface area contributed by atoms with E-state index in [1.807, 2.05) is 45.0 Å². The van der Waals surface area contributed by atoms with E-state index in [9.17, 15) is 4.79 Å². The van der Waals surface area contributed by atoms with E-state index < -0.39 is 0 Å². The second kappa shape index (κ2) is 6.75. The van der Waals surface area contributed by atoms with Gasteiger partial charge in [0.15, 0.2) is 0 Å². The van der Waals surface area contributed by atoms with Crippen LogP contribution in [-0.2, 0) is 14.3 Å². The van der Waals surface area contributed by atoms with Gasteiger partial charge < -0.3 is 14.8 Å². The van der Waals surface area contributed by atoms with Crippen LogP contribution in [-0.4, -0.2) is 30.8 Å². The molecule has 0 aromatic heterocycles. The second-order valence-corrected chi connectivity index (χ2v) is 5.56. The van der Waals surface area contributed by atoms with Crippen molar-refractivity contribution in [2.24, 2.45) is 0 Å². The van der Waals surface area contributed by atoms with Crippen LogP contribution in [0.2, 0.25) is 0 Å². The fraction of sp³-hybridized carbons (Fsp3) is 0.562. The van der Waals surface area contributed by atoms with Crippen LogP contribution in [0.3, 0.4) is 0 Å². The van der Waals surface area contributed by atoms with Gasteiger partial charge in [0, 0.05) is 18.5 Å². The number of esters is 1. The summed E-state index contributed by atoms with van der Waals surface area (Å²) in [7, 11) is 0. The van der Waals surface area contributed by atoms with Gasteiger partial charge in [0.1, 0.15) is 12.6 Å². The fourth-order valence-corrected chi connectivity index (χ4v) is 2.51. The van der Waals surface area contributed by atoms with Gasteiger partial charge in [-0.15, -0.1) is 0 Å². The molecule has 0 radical (unpaired) electrons. The summed E-state index contributed by atoms with van der Waals surface area (Å²) in [6.07, 6.45) is 1.84. The molecule has 0 spiro atoms. The lowest BCUT2D eigenvalue weighted by atomic mass is 10.0. The van der Waals surface area contributed by atoms with Gasteiger partial charge in [0.2, 0.25) is 0 Å². The summed E-state index contributed by atoms with van der Waals surface area (Å²) in [5.74, 6) is -0.211. The molecule has 0 saturated carbocycles. The highest BCUT2D eigenvalue weighted by molar-refractivity contribution is 5.75. The maximum absolute atomic E-state index is 11.8. The molecular weight excluding hydrogens is 254 g/mol. The molecular formula is C16H23NO3. The SMILES string of the molecule is Cc1ccc(NCC(=O)OC2CC(C)OC(C)C2)cc1. The van der Waals surface area contributed by atoms with Gasteiger partial charge in [0.25, 0.3) is 0 Å². The maximum Gasteiger partial charge on any atom is 0.325 e. The van der Waals surface area contributed by atoms with Crippen LogP contribution in [0, 0.1) is 6.92 Å². The molecule has 1 N–H and O–H groups in total. The van der Waals surface area contributed by atoms with Gasteiger partial charge in [0.05, 0.1) is 12.2 Å². The number of rotatable bonds is 4. The predicted molar refractivity (Wildman–Crippen MR) is 78.8 cm³/mol. The van der Waals surface area contributed by atoms with Crippen molar-refractivity contribution in [1.29, 1.82) is 0 Å². The van der Waals surface area contributed by atoms with Crippen molar-refractivity contribution in [3.8, 4) is 0 Å². The smallest absolute Gasteiger partial charge is 0.325 e. The first-order valence-electron chi connectivity index (χ1n) is 7.18. The second-order valence-electron chi connectivity index (χ2n) is 5.56. The molecule has 4 nitrogen and oxygen atoms in total. The van der Waals surface area contributed by atoms with E-state index in [1.165, 1.54) is 5.56 Å². The number of ether oxygens (including phenoxy) is 2. The lowest BCUT2D eigenvalue weighted by Gasteiger charge is -2.31. The Hall–Kier alpha value is -1.55. The lowest BCUT2D eigenvalue weighted by molar-refractivity contribution is -0.157. The van der Waals surface area contributed by atoms with Crippen LogP contribution in [0.25, 0.3) is 0 Å².